The van der Waals surface area contributed by atoms with Crippen LogP contribution in [0, 0.1) is 13.8 Å². The summed E-state index contributed by atoms with van der Waals surface area (Å²) in [6, 6.07) is 10.9. The van der Waals surface area contributed by atoms with Crippen LogP contribution >= 0.6 is 0 Å². The highest BCUT2D eigenvalue weighted by Crippen LogP contribution is 2.40. The van der Waals surface area contributed by atoms with Crippen molar-refractivity contribution in [3.8, 4) is 11.5 Å². The van der Waals surface area contributed by atoms with Gasteiger partial charge in [-0.05, 0) is 71.7 Å². The Balaban J connectivity index is 2.38. The number of rotatable bonds is 8. The molecule has 7 nitrogen and oxygen atoms in total. The van der Waals surface area contributed by atoms with Gasteiger partial charge in [-0.25, -0.2) is 9.59 Å². The predicted molar refractivity (Wildman–Crippen MR) is 132 cm³/mol. The van der Waals surface area contributed by atoms with Gasteiger partial charge < -0.3 is 24.3 Å². The first kappa shape index (κ1) is 27.0. The molecule has 0 aliphatic carbocycles. The summed E-state index contributed by atoms with van der Waals surface area (Å²) in [5, 5.41) is 2.53. The molecule has 186 valence electrons. The van der Waals surface area contributed by atoms with Crippen LogP contribution in [-0.2, 0) is 14.3 Å². The molecule has 7 heteroatoms. The van der Waals surface area contributed by atoms with Crippen molar-refractivity contribution in [3.63, 3.8) is 0 Å². The molecule has 0 fully saturated rings. The van der Waals surface area contributed by atoms with Crippen molar-refractivity contribution < 1.29 is 28.5 Å². The summed E-state index contributed by atoms with van der Waals surface area (Å²) in [5.41, 5.74) is 3.16. The average molecular weight is 472 g/mol. The lowest BCUT2D eigenvalue weighted by Crippen LogP contribution is -2.43. The molecule has 2 aromatic rings. The van der Waals surface area contributed by atoms with Gasteiger partial charge in [0, 0.05) is 11.1 Å². The van der Waals surface area contributed by atoms with E-state index >= 15 is 0 Å². The van der Waals surface area contributed by atoms with E-state index in [1.54, 1.807) is 41.9 Å². The second kappa shape index (κ2) is 11.3. The van der Waals surface area contributed by atoms with Gasteiger partial charge in [0.15, 0.2) is 0 Å². The fraction of sp³-hybridized carbons (Fsp3) is 0.481. The molecular weight excluding hydrogens is 434 g/mol. The van der Waals surface area contributed by atoms with Crippen LogP contribution in [0.25, 0.3) is 0 Å². The molecule has 34 heavy (non-hydrogen) atoms. The number of carbonyl (C=O) groups is 2. The number of methoxy groups -OCH3 is 2. The molecule has 0 bridgehead atoms. The van der Waals surface area contributed by atoms with E-state index in [1.165, 1.54) is 0 Å². The summed E-state index contributed by atoms with van der Waals surface area (Å²) >= 11 is 0. The number of nitrogens with one attached hydrogen (secondary N) is 1. The zero-order valence-corrected chi connectivity index (χ0v) is 21.6. The van der Waals surface area contributed by atoms with Crippen molar-refractivity contribution in [2.24, 2.45) is 0 Å². The van der Waals surface area contributed by atoms with E-state index in [0.29, 0.717) is 11.5 Å². The molecule has 0 saturated heterocycles. The van der Waals surface area contributed by atoms with Crippen molar-refractivity contribution in [2.45, 2.75) is 72.1 Å². The monoisotopic (exact) mass is 471 g/mol. The smallest absolute Gasteiger partial charge is 0.408 e. The third kappa shape index (κ3) is 7.14. The minimum absolute atomic E-state index is 0.372. The van der Waals surface area contributed by atoms with Crippen molar-refractivity contribution in [1.29, 1.82) is 0 Å². The molecule has 0 aliphatic heterocycles. The number of aryl methyl sites for hydroxylation is 2. The van der Waals surface area contributed by atoms with Gasteiger partial charge in [-0.2, -0.15) is 0 Å². The molecule has 0 aliphatic rings. The summed E-state index contributed by atoms with van der Waals surface area (Å²) in [5.74, 6) is 0.440. The largest absolute Gasteiger partial charge is 0.496 e. The Morgan fingerprint density at radius 2 is 1.32 bits per heavy atom. The number of alkyl carbamates (subject to hydrolysis) is 1. The van der Waals surface area contributed by atoms with Gasteiger partial charge in [0.05, 0.1) is 20.1 Å². The fourth-order valence-corrected chi connectivity index (χ4v) is 3.72. The van der Waals surface area contributed by atoms with E-state index in [2.05, 4.69) is 5.32 Å². The quantitative estimate of drug-likeness (QED) is 0.526. The number of esters is 1. The summed E-state index contributed by atoms with van der Waals surface area (Å²) in [4.78, 5) is 25.0. The van der Waals surface area contributed by atoms with E-state index in [4.69, 9.17) is 18.9 Å². The highest BCUT2D eigenvalue weighted by atomic mass is 16.6. The van der Waals surface area contributed by atoms with Crippen LogP contribution in [0.3, 0.4) is 0 Å². The molecule has 2 aromatic carbocycles. The molecule has 0 radical (unpaired) electrons. The van der Waals surface area contributed by atoms with Gasteiger partial charge in [0.25, 0.3) is 0 Å². The van der Waals surface area contributed by atoms with E-state index in [1.807, 2.05) is 57.2 Å². The Bertz CT molecular complexity index is 957. The van der Waals surface area contributed by atoms with E-state index in [0.717, 1.165) is 22.3 Å². The van der Waals surface area contributed by atoms with Crippen LogP contribution in [0.15, 0.2) is 36.4 Å². The topological polar surface area (TPSA) is 83.1 Å². The van der Waals surface area contributed by atoms with Crippen molar-refractivity contribution in [2.75, 3.05) is 14.2 Å². The van der Waals surface area contributed by atoms with Gasteiger partial charge in [-0.3, -0.25) is 0 Å². The van der Waals surface area contributed by atoms with Gasteiger partial charge in [0.2, 0.25) is 0 Å². The SMILES string of the molecule is COc1cc(C)ccc1C(c1ccc(C)cc1OC)[C@H](C)OC(=O)[C@H](C)NC(=O)OC(C)(C)C. The number of amides is 1. The lowest BCUT2D eigenvalue weighted by Gasteiger charge is -2.29. The normalized spacial score (nSPS) is 13.1. The predicted octanol–water partition coefficient (Wildman–Crippen LogP) is 5.30. The number of ether oxygens (including phenoxy) is 4. The van der Waals surface area contributed by atoms with Crippen LogP contribution in [0.4, 0.5) is 4.79 Å². The zero-order valence-electron chi connectivity index (χ0n) is 21.6. The first-order chi connectivity index (χ1) is 15.9. The van der Waals surface area contributed by atoms with Crippen molar-refractivity contribution >= 4 is 12.1 Å². The second-order valence-electron chi connectivity index (χ2n) is 9.48. The third-order valence-electron chi connectivity index (χ3n) is 5.31. The summed E-state index contributed by atoms with van der Waals surface area (Å²) < 4.78 is 22.4. The Morgan fingerprint density at radius 3 is 1.74 bits per heavy atom. The minimum Gasteiger partial charge on any atom is -0.496 e. The average Bonchev–Trinajstić information content (AvgIpc) is 2.74. The Hall–Kier alpha value is -3.22. The maximum atomic E-state index is 12.9. The minimum atomic E-state index is -0.891. The molecule has 1 N–H and O–H groups in total. The Kier molecular flexibility index (Phi) is 8.96. The molecule has 0 spiro atoms. The Labute approximate surface area is 202 Å². The maximum Gasteiger partial charge on any atom is 0.408 e. The molecule has 0 unspecified atom stereocenters. The van der Waals surface area contributed by atoms with Crippen LogP contribution in [0.5, 0.6) is 11.5 Å². The van der Waals surface area contributed by atoms with Crippen molar-refractivity contribution in [1.82, 2.24) is 5.32 Å². The van der Waals surface area contributed by atoms with Crippen LogP contribution in [0.2, 0.25) is 0 Å². The summed E-state index contributed by atoms with van der Waals surface area (Å²) in [7, 11) is 3.23. The first-order valence-corrected chi connectivity index (χ1v) is 11.3. The molecule has 0 heterocycles. The molecule has 0 saturated carbocycles. The third-order valence-corrected chi connectivity index (χ3v) is 5.31. The van der Waals surface area contributed by atoms with Gasteiger partial charge in [-0.1, -0.05) is 24.3 Å². The molecule has 0 aromatic heterocycles. The van der Waals surface area contributed by atoms with Crippen LogP contribution in [0.1, 0.15) is 62.8 Å². The number of hydrogen-bond acceptors (Lipinski definition) is 6. The van der Waals surface area contributed by atoms with Crippen molar-refractivity contribution in [3.05, 3.63) is 58.7 Å². The first-order valence-electron chi connectivity index (χ1n) is 11.3. The van der Waals surface area contributed by atoms with Gasteiger partial charge in [0.1, 0.15) is 29.2 Å². The number of hydrogen-bond donors (Lipinski definition) is 1. The second-order valence-corrected chi connectivity index (χ2v) is 9.48. The lowest BCUT2D eigenvalue weighted by atomic mass is 9.85. The maximum absolute atomic E-state index is 12.9. The zero-order chi connectivity index (χ0) is 25.6. The molecule has 2 rings (SSSR count). The highest BCUT2D eigenvalue weighted by molar-refractivity contribution is 5.81. The van der Waals surface area contributed by atoms with Crippen LogP contribution in [-0.4, -0.2) is 44.0 Å². The number of benzene rings is 2. The number of carbonyl (C=O) groups excluding carboxylic acids is 2. The van der Waals surface area contributed by atoms with Gasteiger partial charge in [-0.15, -0.1) is 0 Å². The highest BCUT2D eigenvalue weighted by Gasteiger charge is 2.32. The molecule has 2 atom stereocenters. The van der Waals surface area contributed by atoms with Gasteiger partial charge >= 0.3 is 12.1 Å². The standard InChI is InChI=1S/C27H37NO6/c1-16-10-12-20(22(14-16)31-8)24(21-13-11-17(2)15-23(21)32-9)19(4)33-25(29)18(3)28-26(30)34-27(5,6)7/h10-15,18-19,24H,1-9H3,(H,28,30)/t18-,19-/m0/s1. The molecular formula is C27H37NO6. The fourth-order valence-electron chi connectivity index (χ4n) is 3.72. The van der Waals surface area contributed by atoms with E-state index < -0.39 is 29.8 Å². The summed E-state index contributed by atoms with van der Waals surface area (Å²) in [6.07, 6.45) is -1.27. The van der Waals surface area contributed by atoms with E-state index in [-0.39, 0.29) is 5.92 Å². The lowest BCUT2D eigenvalue weighted by molar-refractivity contribution is -0.151. The van der Waals surface area contributed by atoms with Crippen LogP contribution < -0.4 is 14.8 Å². The Morgan fingerprint density at radius 1 is 0.853 bits per heavy atom. The van der Waals surface area contributed by atoms with E-state index in [9.17, 15) is 9.59 Å². The molecule has 1 amide bonds. The summed E-state index contributed by atoms with van der Waals surface area (Å²) in [6.45, 7) is 12.6.